The van der Waals surface area contributed by atoms with Crippen molar-refractivity contribution in [2.45, 2.75) is 12.8 Å². The van der Waals surface area contributed by atoms with Crippen molar-refractivity contribution in [2.24, 2.45) is 0 Å². The van der Waals surface area contributed by atoms with Crippen LogP contribution in [0.25, 0.3) is 0 Å². The summed E-state index contributed by atoms with van der Waals surface area (Å²) in [6, 6.07) is 6.18. The third-order valence-corrected chi connectivity index (χ3v) is 3.42. The molecule has 0 saturated carbocycles. The Kier molecular flexibility index (Phi) is 3.84. The molecule has 0 aliphatic rings. The SMILES string of the molecule is C#CCCc1ccc(Br)c(Br)c1. The molecular formula is C10H8Br2. The molecule has 1 aromatic carbocycles. The van der Waals surface area contributed by atoms with E-state index < -0.39 is 0 Å². The fourth-order valence-electron chi connectivity index (χ4n) is 0.912. The number of halogens is 2. The second-order valence-corrected chi connectivity index (χ2v) is 4.16. The normalized spacial score (nSPS) is 9.42. The first-order chi connectivity index (χ1) is 5.74. The van der Waals surface area contributed by atoms with Gasteiger partial charge in [-0.1, -0.05) is 6.07 Å². The minimum atomic E-state index is 0.800. The summed E-state index contributed by atoms with van der Waals surface area (Å²) in [5.74, 6) is 2.62. The summed E-state index contributed by atoms with van der Waals surface area (Å²) in [4.78, 5) is 0. The number of rotatable bonds is 2. The molecule has 0 atom stereocenters. The minimum Gasteiger partial charge on any atom is -0.120 e. The number of terminal acetylenes is 1. The van der Waals surface area contributed by atoms with Crippen LogP contribution in [0.3, 0.4) is 0 Å². The van der Waals surface area contributed by atoms with Crippen molar-refractivity contribution in [1.29, 1.82) is 0 Å². The molecule has 0 amide bonds. The Morgan fingerprint density at radius 3 is 2.58 bits per heavy atom. The van der Waals surface area contributed by atoms with Crippen LogP contribution in [-0.4, -0.2) is 0 Å². The highest BCUT2D eigenvalue weighted by Gasteiger charge is 1.97. The topological polar surface area (TPSA) is 0 Å². The number of benzene rings is 1. The van der Waals surface area contributed by atoms with E-state index in [1.54, 1.807) is 0 Å². The molecule has 2 heteroatoms. The minimum absolute atomic E-state index is 0.800. The van der Waals surface area contributed by atoms with Gasteiger partial charge >= 0.3 is 0 Å². The van der Waals surface area contributed by atoms with Crippen LogP contribution in [0.4, 0.5) is 0 Å². The van der Waals surface area contributed by atoms with Gasteiger partial charge < -0.3 is 0 Å². The second-order valence-electron chi connectivity index (χ2n) is 2.45. The van der Waals surface area contributed by atoms with Crippen LogP contribution in [0, 0.1) is 12.3 Å². The van der Waals surface area contributed by atoms with E-state index in [0.29, 0.717) is 0 Å². The Balaban J connectivity index is 2.77. The lowest BCUT2D eigenvalue weighted by Gasteiger charge is -2.00. The Labute approximate surface area is 89.6 Å². The highest BCUT2D eigenvalue weighted by molar-refractivity contribution is 9.13. The van der Waals surface area contributed by atoms with Crippen LogP contribution >= 0.6 is 31.9 Å². The van der Waals surface area contributed by atoms with Crippen LogP contribution in [0.15, 0.2) is 27.1 Å². The van der Waals surface area contributed by atoms with E-state index in [2.05, 4.69) is 49.9 Å². The molecule has 0 nitrogen and oxygen atoms in total. The lowest BCUT2D eigenvalue weighted by Crippen LogP contribution is -1.83. The molecule has 0 radical (unpaired) electrons. The van der Waals surface area contributed by atoms with E-state index >= 15 is 0 Å². The van der Waals surface area contributed by atoms with Crippen LogP contribution < -0.4 is 0 Å². The van der Waals surface area contributed by atoms with E-state index in [4.69, 9.17) is 6.42 Å². The average Bonchev–Trinajstić information content (AvgIpc) is 2.07. The van der Waals surface area contributed by atoms with Crippen molar-refractivity contribution < 1.29 is 0 Å². The van der Waals surface area contributed by atoms with E-state index in [9.17, 15) is 0 Å². The standard InChI is InChI=1S/C10H8Br2/c1-2-3-4-8-5-6-9(11)10(12)7-8/h1,5-7H,3-4H2. The Morgan fingerprint density at radius 2 is 2.00 bits per heavy atom. The number of hydrogen-bond donors (Lipinski definition) is 0. The summed E-state index contributed by atoms with van der Waals surface area (Å²) in [7, 11) is 0. The van der Waals surface area contributed by atoms with Crippen LogP contribution in [0.2, 0.25) is 0 Å². The molecule has 62 valence electrons. The summed E-state index contributed by atoms with van der Waals surface area (Å²) in [5, 5.41) is 0. The fraction of sp³-hybridized carbons (Fsp3) is 0.200. The molecule has 12 heavy (non-hydrogen) atoms. The maximum atomic E-state index is 5.17. The van der Waals surface area contributed by atoms with Gasteiger partial charge in [0.1, 0.15) is 0 Å². The van der Waals surface area contributed by atoms with Crippen LogP contribution in [-0.2, 0) is 6.42 Å². The van der Waals surface area contributed by atoms with Gasteiger partial charge in [-0.25, -0.2) is 0 Å². The Bertz CT molecular complexity index is 310. The van der Waals surface area contributed by atoms with Crippen molar-refractivity contribution in [3.05, 3.63) is 32.7 Å². The van der Waals surface area contributed by atoms with Gasteiger partial charge in [0, 0.05) is 15.4 Å². The molecule has 0 N–H and O–H groups in total. The van der Waals surface area contributed by atoms with E-state index in [1.807, 2.05) is 6.07 Å². The average molecular weight is 288 g/mol. The molecule has 0 aromatic heterocycles. The monoisotopic (exact) mass is 286 g/mol. The van der Waals surface area contributed by atoms with Crippen LogP contribution in [0.5, 0.6) is 0 Å². The maximum Gasteiger partial charge on any atom is 0.0320 e. The Morgan fingerprint density at radius 1 is 1.25 bits per heavy atom. The zero-order chi connectivity index (χ0) is 8.97. The summed E-state index contributed by atoms with van der Waals surface area (Å²) in [5.41, 5.74) is 1.27. The number of hydrogen-bond acceptors (Lipinski definition) is 0. The van der Waals surface area contributed by atoms with Crippen molar-refractivity contribution in [2.75, 3.05) is 0 Å². The lowest BCUT2D eigenvalue weighted by atomic mass is 10.1. The first-order valence-electron chi connectivity index (χ1n) is 3.61. The lowest BCUT2D eigenvalue weighted by molar-refractivity contribution is 1.03. The summed E-state index contributed by atoms with van der Waals surface area (Å²) < 4.78 is 2.16. The van der Waals surface area contributed by atoms with Gasteiger partial charge in [-0.3, -0.25) is 0 Å². The highest BCUT2D eigenvalue weighted by Crippen LogP contribution is 2.24. The maximum absolute atomic E-state index is 5.17. The molecule has 1 aromatic rings. The summed E-state index contributed by atoms with van der Waals surface area (Å²) in [6.45, 7) is 0. The molecule has 0 fully saturated rings. The van der Waals surface area contributed by atoms with Crippen molar-refractivity contribution >= 4 is 31.9 Å². The van der Waals surface area contributed by atoms with Gasteiger partial charge in [0.15, 0.2) is 0 Å². The third-order valence-electron chi connectivity index (χ3n) is 1.54. The Hall–Kier alpha value is -0.260. The molecule has 0 heterocycles. The molecule has 0 aliphatic heterocycles. The largest absolute Gasteiger partial charge is 0.120 e. The predicted octanol–water partition coefficient (Wildman–Crippen LogP) is 3.78. The first kappa shape index (κ1) is 9.83. The highest BCUT2D eigenvalue weighted by atomic mass is 79.9. The molecule has 0 saturated heterocycles. The van der Waals surface area contributed by atoms with Gasteiger partial charge in [0.25, 0.3) is 0 Å². The van der Waals surface area contributed by atoms with Gasteiger partial charge in [-0.15, -0.1) is 12.3 Å². The summed E-state index contributed by atoms with van der Waals surface area (Å²) in [6.07, 6.45) is 6.92. The quantitative estimate of drug-likeness (QED) is 0.726. The van der Waals surface area contributed by atoms with Gasteiger partial charge in [0.2, 0.25) is 0 Å². The van der Waals surface area contributed by atoms with Gasteiger partial charge in [-0.05, 0) is 56.0 Å². The van der Waals surface area contributed by atoms with Gasteiger partial charge in [0.05, 0.1) is 0 Å². The predicted molar refractivity (Wildman–Crippen MR) is 59.0 cm³/mol. The second kappa shape index (κ2) is 4.69. The number of aryl methyl sites for hydroxylation is 1. The van der Waals surface area contributed by atoms with Gasteiger partial charge in [-0.2, -0.15) is 0 Å². The van der Waals surface area contributed by atoms with E-state index in [1.165, 1.54) is 5.56 Å². The molecule has 0 spiro atoms. The third kappa shape index (κ3) is 2.66. The molecular weight excluding hydrogens is 280 g/mol. The van der Waals surface area contributed by atoms with Crippen LogP contribution in [0.1, 0.15) is 12.0 Å². The van der Waals surface area contributed by atoms with Crippen molar-refractivity contribution in [1.82, 2.24) is 0 Å². The first-order valence-corrected chi connectivity index (χ1v) is 5.20. The van der Waals surface area contributed by atoms with Crippen molar-refractivity contribution in [3.63, 3.8) is 0 Å². The van der Waals surface area contributed by atoms with E-state index in [0.717, 1.165) is 21.8 Å². The van der Waals surface area contributed by atoms with E-state index in [-0.39, 0.29) is 0 Å². The summed E-state index contributed by atoms with van der Waals surface area (Å²) >= 11 is 6.85. The zero-order valence-electron chi connectivity index (χ0n) is 6.48. The molecule has 0 bridgehead atoms. The zero-order valence-corrected chi connectivity index (χ0v) is 9.65. The molecule has 0 aliphatic carbocycles. The molecule has 1 rings (SSSR count). The smallest absolute Gasteiger partial charge is 0.0320 e. The van der Waals surface area contributed by atoms with Crippen molar-refractivity contribution in [3.8, 4) is 12.3 Å². The molecule has 0 unspecified atom stereocenters. The fourth-order valence-corrected chi connectivity index (χ4v) is 1.58.